The Labute approximate surface area is 73.9 Å². The van der Waals surface area contributed by atoms with E-state index in [0.29, 0.717) is 12.8 Å². The first kappa shape index (κ1) is 10.6. The third-order valence-corrected chi connectivity index (χ3v) is 2.09. The highest BCUT2D eigenvalue weighted by Crippen LogP contribution is 2.11. The molecule has 0 amide bonds. The molecule has 0 radical (unpaired) electrons. The molecule has 1 unspecified atom stereocenters. The number of aliphatic carboxylic acids is 1. The molecule has 3 nitrogen and oxygen atoms in total. The molecule has 1 N–H and O–H groups in total. The average molecular weight is 223 g/mol. The fourth-order valence-corrected chi connectivity index (χ4v) is 1.17. The second-order valence-corrected chi connectivity index (χ2v) is 3.58. The van der Waals surface area contributed by atoms with Crippen molar-refractivity contribution in [2.24, 2.45) is 0 Å². The van der Waals surface area contributed by atoms with E-state index in [9.17, 15) is 9.59 Å². The monoisotopic (exact) mass is 222 g/mol. The van der Waals surface area contributed by atoms with Crippen LogP contribution in [0.25, 0.3) is 0 Å². The molecule has 0 aliphatic heterocycles. The number of carboxylic acid groups (broad SMARTS) is 1. The van der Waals surface area contributed by atoms with Gasteiger partial charge in [0.15, 0.2) is 0 Å². The van der Waals surface area contributed by atoms with Gasteiger partial charge in [0.25, 0.3) is 0 Å². The van der Waals surface area contributed by atoms with Gasteiger partial charge in [-0.25, -0.2) is 0 Å². The van der Waals surface area contributed by atoms with Crippen molar-refractivity contribution in [2.45, 2.75) is 30.5 Å². The zero-order valence-corrected chi connectivity index (χ0v) is 7.71. The van der Waals surface area contributed by atoms with Crippen LogP contribution in [0.5, 0.6) is 0 Å². The molecule has 0 bridgehead atoms. The van der Waals surface area contributed by atoms with Crippen LogP contribution in [0.1, 0.15) is 25.7 Å². The highest BCUT2D eigenvalue weighted by molar-refractivity contribution is 9.09. The van der Waals surface area contributed by atoms with Gasteiger partial charge < -0.3 is 9.90 Å². The molecule has 64 valence electrons. The summed E-state index contributed by atoms with van der Waals surface area (Å²) in [4.78, 5) is 20.2. The molecule has 0 saturated heterocycles. The summed E-state index contributed by atoms with van der Waals surface area (Å²) in [5.41, 5.74) is 0. The number of hydrogen-bond acceptors (Lipinski definition) is 2. The van der Waals surface area contributed by atoms with Crippen LogP contribution < -0.4 is 0 Å². The molecule has 0 fully saturated rings. The molecule has 11 heavy (non-hydrogen) atoms. The topological polar surface area (TPSA) is 54.4 Å². The zero-order valence-electron chi connectivity index (χ0n) is 6.12. The maximum absolute atomic E-state index is 10.1. The maximum atomic E-state index is 10.1. The Morgan fingerprint density at radius 2 is 2.27 bits per heavy atom. The average Bonchev–Trinajstić information content (AvgIpc) is 1.87. The highest BCUT2D eigenvalue weighted by atomic mass is 79.9. The summed E-state index contributed by atoms with van der Waals surface area (Å²) in [6.07, 6.45) is 2.84. The summed E-state index contributed by atoms with van der Waals surface area (Å²) in [5, 5.41) is 8.27. The predicted molar refractivity (Wildman–Crippen MR) is 44.9 cm³/mol. The van der Waals surface area contributed by atoms with E-state index in [1.165, 1.54) is 0 Å². The molecule has 0 aromatic carbocycles. The first-order valence-electron chi connectivity index (χ1n) is 3.46. The van der Waals surface area contributed by atoms with Gasteiger partial charge in [-0.05, 0) is 12.8 Å². The Morgan fingerprint density at radius 1 is 1.64 bits per heavy atom. The minimum Gasteiger partial charge on any atom is -0.481 e. The van der Waals surface area contributed by atoms with Gasteiger partial charge in [-0.1, -0.05) is 15.9 Å². The van der Waals surface area contributed by atoms with Crippen molar-refractivity contribution in [3.8, 4) is 0 Å². The largest absolute Gasteiger partial charge is 0.481 e. The molecule has 0 heterocycles. The SMILES string of the molecule is O=CCC(Br)CCCC(=O)O. The Hall–Kier alpha value is -0.380. The van der Waals surface area contributed by atoms with E-state index >= 15 is 0 Å². The fraction of sp³-hybridized carbons (Fsp3) is 0.714. The van der Waals surface area contributed by atoms with Crippen LogP contribution in [0.2, 0.25) is 0 Å². The van der Waals surface area contributed by atoms with Crippen molar-refractivity contribution >= 4 is 28.2 Å². The minimum absolute atomic E-state index is 0.138. The molecule has 1 atom stereocenters. The number of alkyl halides is 1. The highest BCUT2D eigenvalue weighted by Gasteiger charge is 2.04. The molecule has 4 heteroatoms. The fourth-order valence-electron chi connectivity index (χ4n) is 0.697. The van der Waals surface area contributed by atoms with Gasteiger partial charge in [0.2, 0.25) is 0 Å². The lowest BCUT2D eigenvalue weighted by atomic mass is 10.1. The van der Waals surface area contributed by atoms with E-state index in [-0.39, 0.29) is 11.2 Å². The second kappa shape index (κ2) is 6.34. The Kier molecular flexibility index (Phi) is 6.12. The van der Waals surface area contributed by atoms with Crippen molar-refractivity contribution in [1.82, 2.24) is 0 Å². The van der Waals surface area contributed by atoms with Crippen LogP contribution in [0.3, 0.4) is 0 Å². The quantitative estimate of drug-likeness (QED) is 0.549. The number of rotatable bonds is 6. The van der Waals surface area contributed by atoms with Crippen LogP contribution in [-0.2, 0) is 9.59 Å². The molecule has 0 saturated carbocycles. The number of halogens is 1. The van der Waals surface area contributed by atoms with Crippen LogP contribution in [0, 0.1) is 0 Å². The lowest BCUT2D eigenvalue weighted by Gasteiger charge is -2.02. The molecule has 0 rings (SSSR count). The molecule has 0 spiro atoms. The lowest BCUT2D eigenvalue weighted by molar-refractivity contribution is -0.137. The summed E-state index contributed by atoms with van der Waals surface area (Å²) in [6.45, 7) is 0. The van der Waals surface area contributed by atoms with Gasteiger partial charge in [-0.15, -0.1) is 0 Å². The van der Waals surface area contributed by atoms with Crippen molar-refractivity contribution in [2.75, 3.05) is 0 Å². The summed E-state index contributed by atoms with van der Waals surface area (Å²) < 4.78 is 0. The van der Waals surface area contributed by atoms with Crippen molar-refractivity contribution in [1.29, 1.82) is 0 Å². The molecule has 0 aliphatic rings. The van der Waals surface area contributed by atoms with Crippen LogP contribution in [-0.4, -0.2) is 22.2 Å². The maximum Gasteiger partial charge on any atom is 0.303 e. The van der Waals surface area contributed by atoms with Gasteiger partial charge >= 0.3 is 5.97 Å². The van der Waals surface area contributed by atoms with E-state index in [0.717, 1.165) is 12.7 Å². The zero-order chi connectivity index (χ0) is 8.69. The van der Waals surface area contributed by atoms with Gasteiger partial charge in [0.1, 0.15) is 6.29 Å². The molecular formula is C7H11BrO3. The van der Waals surface area contributed by atoms with E-state index in [2.05, 4.69) is 15.9 Å². The smallest absolute Gasteiger partial charge is 0.303 e. The van der Waals surface area contributed by atoms with Crippen molar-refractivity contribution in [3.63, 3.8) is 0 Å². The van der Waals surface area contributed by atoms with Crippen molar-refractivity contribution < 1.29 is 14.7 Å². The summed E-state index contributed by atoms with van der Waals surface area (Å²) >= 11 is 3.26. The minimum atomic E-state index is -0.782. The molecule has 0 aliphatic carbocycles. The third-order valence-electron chi connectivity index (χ3n) is 1.26. The standard InChI is InChI=1S/C7H11BrO3/c8-6(4-5-9)2-1-3-7(10)11/h5-6H,1-4H2,(H,10,11). The summed E-state index contributed by atoms with van der Waals surface area (Å²) in [5.74, 6) is -0.782. The predicted octanol–water partition coefficient (Wildman–Crippen LogP) is 1.59. The summed E-state index contributed by atoms with van der Waals surface area (Å²) in [7, 11) is 0. The first-order chi connectivity index (χ1) is 5.16. The van der Waals surface area contributed by atoms with Crippen LogP contribution >= 0.6 is 15.9 Å². The van der Waals surface area contributed by atoms with Gasteiger partial charge in [-0.3, -0.25) is 4.79 Å². The normalized spacial score (nSPS) is 12.5. The second-order valence-electron chi connectivity index (χ2n) is 2.29. The van der Waals surface area contributed by atoms with E-state index in [1.807, 2.05) is 0 Å². The van der Waals surface area contributed by atoms with Crippen molar-refractivity contribution in [3.05, 3.63) is 0 Å². The van der Waals surface area contributed by atoms with Crippen LogP contribution in [0.15, 0.2) is 0 Å². The Morgan fingerprint density at radius 3 is 2.73 bits per heavy atom. The number of carbonyl (C=O) groups excluding carboxylic acids is 1. The van der Waals surface area contributed by atoms with Gasteiger partial charge in [0, 0.05) is 17.7 Å². The number of carboxylic acids is 1. The van der Waals surface area contributed by atoms with Gasteiger partial charge in [0.05, 0.1) is 0 Å². The molecule has 0 aromatic rings. The lowest BCUT2D eigenvalue weighted by Crippen LogP contribution is -2.01. The van der Waals surface area contributed by atoms with E-state index < -0.39 is 5.97 Å². The van der Waals surface area contributed by atoms with E-state index in [1.54, 1.807) is 0 Å². The number of hydrogen-bond donors (Lipinski definition) is 1. The van der Waals surface area contributed by atoms with Gasteiger partial charge in [-0.2, -0.15) is 0 Å². The summed E-state index contributed by atoms with van der Waals surface area (Å²) in [6, 6.07) is 0. The Balaban J connectivity index is 3.23. The molecular weight excluding hydrogens is 212 g/mol. The van der Waals surface area contributed by atoms with Crippen LogP contribution in [0.4, 0.5) is 0 Å². The number of aldehydes is 1. The van der Waals surface area contributed by atoms with E-state index in [4.69, 9.17) is 5.11 Å². The molecule has 0 aromatic heterocycles. The third kappa shape index (κ3) is 7.52. The first-order valence-corrected chi connectivity index (χ1v) is 4.38. The Bertz CT molecular complexity index is 136. The number of carbonyl (C=O) groups is 2.